The highest BCUT2D eigenvalue weighted by molar-refractivity contribution is 5.94. The van der Waals surface area contributed by atoms with Gasteiger partial charge in [0.2, 0.25) is 0 Å². The van der Waals surface area contributed by atoms with Crippen LogP contribution in [0.25, 0.3) is 0 Å². The minimum absolute atomic E-state index is 0.0102. The van der Waals surface area contributed by atoms with E-state index >= 15 is 0 Å². The molecule has 0 unspecified atom stereocenters. The zero-order valence-electron chi connectivity index (χ0n) is 21.0. The number of ketones is 2. The lowest BCUT2D eigenvalue weighted by atomic mass is 9.48. The number of carbonyl (C=O) groups excluding carboxylic acids is 2. The number of benzene rings is 1. The summed E-state index contributed by atoms with van der Waals surface area (Å²) in [5.74, 6) is -1.69. The van der Waals surface area contributed by atoms with Crippen molar-refractivity contribution in [3.05, 3.63) is 35.9 Å². The molecule has 1 aromatic rings. The fourth-order valence-electron chi connectivity index (χ4n) is 8.76. The first-order valence-corrected chi connectivity index (χ1v) is 12.8. The Morgan fingerprint density at radius 3 is 1.52 bits per heavy atom. The van der Waals surface area contributed by atoms with Crippen LogP contribution in [0, 0.1) is 45.3 Å². The number of hydrogen-bond donors (Lipinski definition) is 2. The van der Waals surface area contributed by atoms with Crippen LogP contribution in [0.5, 0.6) is 0 Å². The van der Waals surface area contributed by atoms with Crippen LogP contribution < -0.4 is 0 Å². The van der Waals surface area contributed by atoms with Crippen molar-refractivity contribution in [3.8, 4) is 0 Å². The molecule has 0 aromatic heterocycles. The number of rotatable bonds is 3. The second-order valence-corrected chi connectivity index (χ2v) is 13.1. The summed E-state index contributed by atoms with van der Waals surface area (Å²) in [6, 6.07) is 9.74. The summed E-state index contributed by atoms with van der Waals surface area (Å²) in [5.41, 5.74) is -0.746. The summed E-state index contributed by atoms with van der Waals surface area (Å²) < 4.78 is 0. The van der Waals surface area contributed by atoms with Crippen molar-refractivity contribution < 1.29 is 19.8 Å². The molecule has 180 valence electrons. The van der Waals surface area contributed by atoms with E-state index < -0.39 is 40.8 Å². The van der Waals surface area contributed by atoms with E-state index in [4.69, 9.17) is 0 Å². The Hall–Kier alpha value is -1.52. The van der Waals surface area contributed by atoms with Gasteiger partial charge in [0.25, 0.3) is 0 Å². The Morgan fingerprint density at radius 1 is 0.727 bits per heavy atom. The van der Waals surface area contributed by atoms with Gasteiger partial charge < -0.3 is 10.2 Å². The highest BCUT2D eigenvalue weighted by Crippen LogP contribution is 2.68. The quantitative estimate of drug-likeness (QED) is 0.692. The van der Waals surface area contributed by atoms with Gasteiger partial charge in [-0.3, -0.25) is 9.59 Å². The van der Waals surface area contributed by atoms with Gasteiger partial charge in [-0.05, 0) is 53.9 Å². The van der Waals surface area contributed by atoms with Crippen LogP contribution in [0.4, 0.5) is 0 Å². The molecule has 33 heavy (non-hydrogen) atoms. The molecule has 2 N–H and O–H groups in total. The molecule has 4 aliphatic rings. The average molecular weight is 453 g/mol. The fraction of sp³-hybridized carbons (Fsp3) is 0.724. The van der Waals surface area contributed by atoms with Gasteiger partial charge in [0, 0.05) is 16.7 Å². The molecular formula is C29H40O4. The smallest absolute Gasteiger partial charge is 0.145 e. The number of carbonyl (C=O) groups is 2. The van der Waals surface area contributed by atoms with E-state index in [1.165, 1.54) is 0 Å². The number of Topliss-reactive ketones (excluding diaryl/α,β-unsaturated/α-hetero) is 2. The minimum atomic E-state index is -0.811. The van der Waals surface area contributed by atoms with E-state index in [1.54, 1.807) is 0 Å². The summed E-state index contributed by atoms with van der Waals surface area (Å²) in [7, 11) is 0. The minimum Gasteiger partial charge on any atom is -0.392 e. The van der Waals surface area contributed by atoms with Crippen molar-refractivity contribution in [1.29, 1.82) is 0 Å². The first kappa shape index (κ1) is 23.2. The molecule has 4 saturated carbocycles. The summed E-state index contributed by atoms with van der Waals surface area (Å²) in [6.07, 6.45) is 1.56. The second kappa shape index (κ2) is 7.01. The van der Waals surface area contributed by atoms with Crippen LogP contribution in [-0.4, -0.2) is 34.0 Å². The summed E-state index contributed by atoms with van der Waals surface area (Å²) in [4.78, 5) is 28.5. The molecule has 4 aliphatic carbocycles. The van der Waals surface area contributed by atoms with Crippen molar-refractivity contribution in [2.24, 2.45) is 45.3 Å². The largest absolute Gasteiger partial charge is 0.392 e. The van der Waals surface area contributed by atoms with Crippen LogP contribution in [0.1, 0.15) is 78.7 Å². The predicted molar refractivity (Wildman–Crippen MR) is 127 cm³/mol. The maximum Gasteiger partial charge on any atom is 0.145 e. The topological polar surface area (TPSA) is 74.6 Å². The molecule has 0 saturated heterocycles. The molecule has 0 amide bonds. The Morgan fingerprint density at radius 2 is 1.12 bits per heavy atom. The third kappa shape index (κ3) is 2.66. The van der Waals surface area contributed by atoms with Gasteiger partial charge in [-0.1, -0.05) is 71.9 Å². The predicted octanol–water partition coefficient (Wildman–Crippen LogP) is 4.77. The SMILES string of the molecule is CC1(C)[C@H]2CC[C@@]1(C)C(=O)[C@H](C(c1ccccc1)[C@H]1C(=O)[C@]3(C)CC[C@@H]([C@H]1O)C3(C)C)[C@@H]2O. The van der Waals surface area contributed by atoms with Gasteiger partial charge in [0.1, 0.15) is 11.6 Å². The van der Waals surface area contributed by atoms with Crippen LogP contribution in [0.2, 0.25) is 0 Å². The molecule has 4 heteroatoms. The zero-order chi connectivity index (χ0) is 24.1. The second-order valence-electron chi connectivity index (χ2n) is 13.1. The van der Waals surface area contributed by atoms with Crippen molar-refractivity contribution in [1.82, 2.24) is 0 Å². The fourth-order valence-corrected chi connectivity index (χ4v) is 8.76. The Kier molecular flexibility index (Phi) is 4.93. The molecule has 0 spiro atoms. The lowest BCUT2D eigenvalue weighted by Crippen LogP contribution is -2.62. The van der Waals surface area contributed by atoms with E-state index in [9.17, 15) is 19.8 Å². The highest BCUT2D eigenvalue weighted by Gasteiger charge is 2.70. The normalized spacial score (nSPS) is 45.6. The van der Waals surface area contributed by atoms with Gasteiger partial charge in [0.15, 0.2) is 0 Å². The van der Waals surface area contributed by atoms with Gasteiger partial charge in [-0.2, -0.15) is 0 Å². The monoisotopic (exact) mass is 452 g/mol. The van der Waals surface area contributed by atoms with E-state index in [1.807, 2.05) is 30.3 Å². The van der Waals surface area contributed by atoms with Crippen molar-refractivity contribution >= 4 is 11.6 Å². The number of aliphatic hydroxyl groups is 2. The summed E-state index contributed by atoms with van der Waals surface area (Å²) in [6.45, 7) is 12.6. The van der Waals surface area contributed by atoms with Crippen molar-refractivity contribution in [2.75, 3.05) is 0 Å². The summed E-state index contributed by atoms with van der Waals surface area (Å²) in [5, 5.41) is 23.4. The van der Waals surface area contributed by atoms with E-state index in [-0.39, 0.29) is 34.2 Å². The van der Waals surface area contributed by atoms with Crippen LogP contribution in [0.15, 0.2) is 30.3 Å². The molecule has 4 fully saturated rings. The molecule has 0 aliphatic heterocycles. The summed E-state index contributed by atoms with van der Waals surface area (Å²) >= 11 is 0. The van der Waals surface area contributed by atoms with Gasteiger partial charge in [0.05, 0.1) is 24.0 Å². The van der Waals surface area contributed by atoms with E-state index in [0.717, 1.165) is 31.2 Å². The van der Waals surface area contributed by atoms with Gasteiger partial charge in [-0.15, -0.1) is 0 Å². The number of aliphatic hydroxyl groups excluding tert-OH is 2. The standard InChI is InChI=1S/C29H40O4/c1-26(2)17-12-14-28(26,5)24(32)20(22(17)30)19(16-10-8-7-9-11-16)21-23(31)18-13-15-29(6,25(21)33)27(18,3)4/h7-11,17-23,30-31H,12-15H2,1-6H3/t17-,18-,20+,21+,22+,23+,28-,29-/m0/s1. The van der Waals surface area contributed by atoms with Crippen LogP contribution in [0.3, 0.4) is 0 Å². The Labute approximate surface area is 198 Å². The third-order valence-electron chi connectivity index (χ3n) is 11.8. The maximum absolute atomic E-state index is 14.2. The van der Waals surface area contributed by atoms with E-state index in [0.29, 0.717) is 0 Å². The number of fused-ring (bicyclic) bond motifs is 4. The first-order chi connectivity index (χ1) is 15.3. The van der Waals surface area contributed by atoms with E-state index in [2.05, 4.69) is 41.5 Å². The average Bonchev–Trinajstić information content (AvgIpc) is 3.07. The molecule has 0 radical (unpaired) electrons. The lowest BCUT2D eigenvalue weighted by molar-refractivity contribution is -0.169. The molecule has 4 nitrogen and oxygen atoms in total. The first-order valence-electron chi connectivity index (χ1n) is 12.8. The third-order valence-corrected chi connectivity index (χ3v) is 11.8. The van der Waals surface area contributed by atoms with Crippen LogP contribution >= 0.6 is 0 Å². The molecule has 4 bridgehead atoms. The number of hydrogen-bond acceptors (Lipinski definition) is 4. The lowest BCUT2D eigenvalue weighted by Gasteiger charge is -2.56. The highest BCUT2D eigenvalue weighted by atomic mass is 16.3. The van der Waals surface area contributed by atoms with Gasteiger partial charge in [-0.25, -0.2) is 0 Å². The zero-order valence-corrected chi connectivity index (χ0v) is 21.0. The van der Waals surface area contributed by atoms with Crippen molar-refractivity contribution in [2.45, 2.75) is 85.4 Å². The Balaban J connectivity index is 1.67. The van der Waals surface area contributed by atoms with Gasteiger partial charge >= 0.3 is 0 Å². The molecule has 1 aromatic carbocycles. The Bertz CT molecular complexity index is 921. The van der Waals surface area contributed by atoms with Crippen LogP contribution in [-0.2, 0) is 9.59 Å². The molecule has 5 rings (SSSR count). The molecular weight excluding hydrogens is 412 g/mol. The molecule has 8 atom stereocenters. The molecule has 0 heterocycles. The van der Waals surface area contributed by atoms with Crippen molar-refractivity contribution in [3.63, 3.8) is 0 Å². The maximum atomic E-state index is 14.2.